The van der Waals surface area contributed by atoms with Crippen LogP contribution in [-0.2, 0) is 0 Å². The minimum atomic E-state index is 0.0522. The average Bonchev–Trinajstić information content (AvgIpc) is 2.85. The zero-order valence-electron chi connectivity index (χ0n) is 16.1. The maximum Gasteiger partial charge on any atom is 0.132 e. The normalized spacial score (nSPS) is 23.3. The fraction of sp³-hybridized carbons (Fsp3) is 0.381. The number of allylic oxidation sites excluding steroid dienone is 3. The van der Waals surface area contributed by atoms with Gasteiger partial charge in [0.1, 0.15) is 12.1 Å². The first-order valence-corrected chi connectivity index (χ1v) is 9.84. The summed E-state index contributed by atoms with van der Waals surface area (Å²) in [6.07, 6.45) is 16.8. The van der Waals surface area contributed by atoms with Crippen LogP contribution in [0.1, 0.15) is 37.6 Å². The highest BCUT2D eigenvalue weighted by Crippen LogP contribution is 2.22. The van der Waals surface area contributed by atoms with Gasteiger partial charge in [0.05, 0.1) is 29.8 Å². The second-order valence-corrected chi connectivity index (χ2v) is 7.07. The van der Waals surface area contributed by atoms with E-state index in [-0.39, 0.29) is 5.92 Å². The van der Waals surface area contributed by atoms with Crippen LogP contribution in [0.3, 0.4) is 0 Å². The van der Waals surface area contributed by atoms with Crippen molar-refractivity contribution >= 4 is 17.1 Å². The summed E-state index contributed by atoms with van der Waals surface area (Å²) in [6, 6.07) is 2.06. The van der Waals surface area contributed by atoms with Crippen molar-refractivity contribution in [3.05, 3.63) is 60.6 Å². The molecule has 0 aliphatic carbocycles. The van der Waals surface area contributed by atoms with Crippen LogP contribution in [0.2, 0.25) is 0 Å². The van der Waals surface area contributed by atoms with Crippen molar-refractivity contribution in [2.24, 2.45) is 11.0 Å². The first-order chi connectivity index (χ1) is 13.8. The molecule has 0 radical (unpaired) electrons. The van der Waals surface area contributed by atoms with Crippen LogP contribution in [0.5, 0.6) is 0 Å². The highest BCUT2D eigenvalue weighted by atomic mass is 15.3. The molecule has 7 nitrogen and oxygen atoms in total. The highest BCUT2D eigenvalue weighted by Gasteiger charge is 2.18. The van der Waals surface area contributed by atoms with E-state index >= 15 is 0 Å². The van der Waals surface area contributed by atoms with Crippen molar-refractivity contribution in [3.8, 4) is 0 Å². The van der Waals surface area contributed by atoms with Gasteiger partial charge in [-0.05, 0) is 24.8 Å². The summed E-state index contributed by atoms with van der Waals surface area (Å²) in [5.74, 6) is 1.03. The van der Waals surface area contributed by atoms with E-state index < -0.39 is 0 Å². The predicted octanol–water partition coefficient (Wildman–Crippen LogP) is 2.84. The number of hydrazone groups is 1. The van der Waals surface area contributed by atoms with E-state index in [0.29, 0.717) is 6.54 Å². The third-order valence-corrected chi connectivity index (χ3v) is 5.02. The maximum absolute atomic E-state index is 4.63. The van der Waals surface area contributed by atoms with E-state index in [1.807, 2.05) is 6.08 Å². The van der Waals surface area contributed by atoms with E-state index in [0.717, 1.165) is 41.6 Å². The molecule has 144 valence electrons. The minimum Gasteiger partial charge on any atom is -0.357 e. The summed E-state index contributed by atoms with van der Waals surface area (Å²) in [5.41, 5.74) is 6.76. The second kappa shape index (κ2) is 8.73. The molecule has 2 aliphatic heterocycles. The van der Waals surface area contributed by atoms with Crippen molar-refractivity contribution in [1.29, 1.82) is 0 Å². The Morgan fingerprint density at radius 2 is 1.93 bits per heavy atom. The second-order valence-electron chi connectivity index (χ2n) is 7.07. The molecule has 1 N–H and O–H groups in total. The SMILES string of the molecule is CC1/C=C(c2cnccn2)\C=C/CNN=C1c1cc(N2CCCCC2)ncn1. The number of anilines is 1. The lowest BCUT2D eigenvalue weighted by Gasteiger charge is -2.27. The fourth-order valence-electron chi connectivity index (χ4n) is 3.57. The summed E-state index contributed by atoms with van der Waals surface area (Å²) < 4.78 is 0. The Morgan fingerprint density at radius 1 is 1.04 bits per heavy atom. The lowest BCUT2D eigenvalue weighted by atomic mass is 9.98. The van der Waals surface area contributed by atoms with E-state index in [2.05, 4.69) is 60.5 Å². The topological polar surface area (TPSA) is 79.2 Å². The fourth-order valence-corrected chi connectivity index (χ4v) is 3.57. The molecular weight excluding hydrogens is 350 g/mol. The summed E-state index contributed by atoms with van der Waals surface area (Å²) in [7, 11) is 0. The molecule has 7 heteroatoms. The molecule has 4 rings (SSSR count). The zero-order chi connectivity index (χ0) is 19.2. The van der Waals surface area contributed by atoms with Crippen molar-refractivity contribution in [1.82, 2.24) is 25.4 Å². The van der Waals surface area contributed by atoms with Crippen LogP contribution in [0.4, 0.5) is 5.82 Å². The molecule has 2 aromatic heterocycles. The Morgan fingerprint density at radius 3 is 2.75 bits per heavy atom. The van der Waals surface area contributed by atoms with Crippen LogP contribution in [0.15, 0.2) is 54.3 Å². The Kier molecular flexibility index (Phi) is 5.70. The first kappa shape index (κ1) is 18.3. The zero-order valence-corrected chi connectivity index (χ0v) is 16.1. The summed E-state index contributed by atoms with van der Waals surface area (Å²) in [6.45, 7) is 4.87. The quantitative estimate of drug-likeness (QED) is 0.889. The van der Waals surface area contributed by atoms with Gasteiger partial charge in [0, 0.05) is 37.5 Å². The van der Waals surface area contributed by atoms with Crippen LogP contribution in [0.25, 0.3) is 5.57 Å². The van der Waals surface area contributed by atoms with Gasteiger partial charge in [0.2, 0.25) is 0 Å². The molecule has 0 bridgehead atoms. The standard InChI is InChI=1S/C21H25N7/c1-16-12-17(19-14-22-8-9-23-19)6-5-7-26-27-21(16)18-13-20(25-15-24-18)28-10-3-2-4-11-28/h5-6,8-9,12-16,26H,2-4,7,10-11H2,1H3/b6-5-,17-12+,27-21?. The molecular formula is C21H25N7. The van der Waals surface area contributed by atoms with Crippen molar-refractivity contribution in [3.63, 3.8) is 0 Å². The van der Waals surface area contributed by atoms with Gasteiger partial charge >= 0.3 is 0 Å². The smallest absolute Gasteiger partial charge is 0.132 e. The van der Waals surface area contributed by atoms with Gasteiger partial charge in [-0.25, -0.2) is 9.97 Å². The molecule has 1 saturated heterocycles. The van der Waals surface area contributed by atoms with Crippen molar-refractivity contribution in [2.75, 3.05) is 24.5 Å². The Labute approximate surface area is 165 Å². The van der Waals surface area contributed by atoms with Gasteiger partial charge in [0.25, 0.3) is 0 Å². The highest BCUT2D eigenvalue weighted by molar-refractivity contribution is 6.02. The maximum atomic E-state index is 4.63. The molecule has 0 spiro atoms. The van der Waals surface area contributed by atoms with Gasteiger partial charge in [-0.1, -0.05) is 25.2 Å². The van der Waals surface area contributed by atoms with Crippen molar-refractivity contribution < 1.29 is 0 Å². The Hall–Kier alpha value is -3.09. The summed E-state index contributed by atoms with van der Waals surface area (Å²) in [5, 5.41) is 4.63. The third-order valence-electron chi connectivity index (χ3n) is 5.02. The largest absolute Gasteiger partial charge is 0.357 e. The number of hydrogen-bond donors (Lipinski definition) is 1. The molecule has 1 unspecified atom stereocenters. The van der Waals surface area contributed by atoms with Crippen LogP contribution in [0, 0.1) is 5.92 Å². The lowest BCUT2D eigenvalue weighted by Crippen LogP contribution is -2.30. The number of nitrogens with one attached hydrogen (secondary N) is 1. The molecule has 28 heavy (non-hydrogen) atoms. The van der Waals surface area contributed by atoms with Crippen LogP contribution >= 0.6 is 0 Å². The van der Waals surface area contributed by atoms with Gasteiger partial charge in [0.15, 0.2) is 0 Å². The average molecular weight is 375 g/mol. The summed E-state index contributed by atoms with van der Waals surface area (Å²) >= 11 is 0. The van der Waals surface area contributed by atoms with Gasteiger partial charge in [-0.2, -0.15) is 5.10 Å². The molecule has 0 amide bonds. The van der Waals surface area contributed by atoms with Gasteiger partial charge < -0.3 is 10.3 Å². The van der Waals surface area contributed by atoms with Crippen LogP contribution < -0.4 is 10.3 Å². The van der Waals surface area contributed by atoms with Crippen molar-refractivity contribution in [2.45, 2.75) is 26.2 Å². The van der Waals surface area contributed by atoms with E-state index in [1.54, 1.807) is 24.9 Å². The van der Waals surface area contributed by atoms with Gasteiger partial charge in [-0.3, -0.25) is 9.97 Å². The van der Waals surface area contributed by atoms with E-state index in [9.17, 15) is 0 Å². The molecule has 4 heterocycles. The number of nitrogens with zero attached hydrogens (tertiary/aromatic N) is 6. The monoisotopic (exact) mass is 375 g/mol. The van der Waals surface area contributed by atoms with Gasteiger partial charge in [-0.15, -0.1) is 0 Å². The van der Waals surface area contributed by atoms with E-state index in [4.69, 9.17) is 0 Å². The first-order valence-electron chi connectivity index (χ1n) is 9.84. The number of rotatable bonds is 3. The van der Waals surface area contributed by atoms with E-state index in [1.165, 1.54) is 19.3 Å². The van der Waals surface area contributed by atoms with Crippen LogP contribution in [-0.4, -0.2) is 45.3 Å². The number of piperidine rings is 1. The number of hydrogen-bond acceptors (Lipinski definition) is 7. The Bertz CT molecular complexity index is 883. The Balaban J connectivity index is 1.65. The molecule has 2 aliphatic rings. The molecule has 0 saturated carbocycles. The molecule has 1 fully saturated rings. The summed E-state index contributed by atoms with van der Waals surface area (Å²) in [4.78, 5) is 20.0. The predicted molar refractivity (Wildman–Crippen MR) is 111 cm³/mol. The third kappa shape index (κ3) is 4.24. The minimum absolute atomic E-state index is 0.0522. The molecule has 2 aromatic rings. The molecule has 1 atom stereocenters. The lowest BCUT2D eigenvalue weighted by molar-refractivity contribution is 0.573. The number of aromatic nitrogens is 4. The molecule has 0 aromatic carbocycles.